The van der Waals surface area contributed by atoms with E-state index in [-0.39, 0.29) is 5.92 Å². The first-order valence-corrected chi connectivity index (χ1v) is 7.29. The number of nitrogens with zero attached hydrogens (tertiary/aromatic N) is 1. The predicted octanol–water partition coefficient (Wildman–Crippen LogP) is 3.62. The maximum absolute atomic E-state index is 10.4. The van der Waals surface area contributed by atoms with Gasteiger partial charge in [-0.2, -0.15) is 0 Å². The van der Waals surface area contributed by atoms with Crippen LogP contribution in [0.5, 0.6) is 0 Å². The van der Waals surface area contributed by atoms with Gasteiger partial charge in [-0.15, -0.1) is 0 Å². The van der Waals surface area contributed by atoms with Crippen LogP contribution in [-0.4, -0.2) is 22.2 Å². The van der Waals surface area contributed by atoms with Crippen LogP contribution in [0, 0.1) is 5.92 Å². The third-order valence-electron chi connectivity index (χ3n) is 4.01. The van der Waals surface area contributed by atoms with Crippen LogP contribution in [0.4, 0.5) is 5.69 Å². The van der Waals surface area contributed by atoms with Gasteiger partial charge in [0.1, 0.15) is 0 Å². The minimum Gasteiger partial charge on any atom is -0.388 e. The van der Waals surface area contributed by atoms with Gasteiger partial charge in [-0.25, -0.2) is 0 Å². The van der Waals surface area contributed by atoms with Crippen molar-refractivity contribution in [1.82, 2.24) is 4.98 Å². The second-order valence-electron chi connectivity index (χ2n) is 5.90. The molecule has 20 heavy (non-hydrogen) atoms. The quantitative estimate of drug-likeness (QED) is 0.874. The zero-order chi connectivity index (χ0) is 14.8. The molecule has 3 heteroatoms. The van der Waals surface area contributed by atoms with Crippen LogP contribution in [0.1, 0.15) is 33.4 Å². The second-order valence-corrected chi connectivity index (χ2v) is 5.90. The van der Waals surface area contributed by atoms with Gasteiger partial charge in [-0.1, -0.05) is 39.0 Å². The Kier molecular flexibility index (Phi) is 4.29. The van der Waals surface area contributed by atoms with Gasteiger partial charge in [-0.05, 0) is 31.4 Å². The SMILES string of the molecule is CCc1cc(NCC(C)(O)C(C)C)c2ccccc2n1. The highest BCUT2D eigenvalue weighted by molar-refractivity contribution is 5.91. The zero-order valence-electron chi connectivity index (χ0n) is 12.8. The highest BCUT2D eigenvalue weighted by Gasteiger charge is 2.24. The third-order valence-corrected chi connectivity index (χ3v) is 4.01. The second kappa shape index (κ2) is 5.80. The fraction of sp³-hybridized carbons (Fsp3) is 0.471. The van der Waals surface area contributed by atoms with E-state index in [1.54, 1.807) is 0 Å². The number of hydrogen-bond donors (Lipinski definition) is 2. The lowest BCUT2D eigenvalue weighted by Crippen LogP contribution is -2.38. The summed E-state index contributed by atoms with van der Waals surface area (Å²) in [5, 5.41) is 14.9. The largest absolute Gasteiger partial charge is 0.388 e. The van der Waals surface area contributed by atoms with E-state index in [1.807, 2.05) is 39.0 Å². The Bertz CT molecular complexity index is 591. The van der Waals surface area contributed by atoms with Crippen LogP contribution in [-0.2, 0) is 6.42 Å². The number of hydrogen-bond acceptors (Lipinski definition) is 3. The van der Waals surface area contributed by atoms with Crippen LogP contribution in [0.3, 0.4) is 0 Å². The van der Waals surface area contributed by atoms with Gasteiger partial charge in [0.25, 0.3) is 0 Å². The van der Waals surface area contributed by atoms with Crippen LogP contribution >= 0.6 is 0 Å². The lowest BCUT2D eigenvalue weighted by atomic mass is 9.92. The molecule has 1 heterocycles. The minimum atomic E-state index is -0.725. The van der Waals surface area contributed by atoms with Gasteiger partial charge in [0.05, 0.1) is 11.1 Å². The third kappa shape index (κ3) is 3.10. The van der Waals surface area contributed by atoms with E-state index in [0.29, 0.717) is 6.54 Å². The van der Waals surface area contributed by atoms with Crippen molar-refractivity contribution >= 4 is 16.6 Å². The lowest BCUT2D eigenvalue weighted by molar-refractivity contribution is 0.0266. The number of anilines is 1. The first-order chi connectivity index (χ1) is 9.44. The number of benzene rings is 1. The van der Waals surface area contributed by atoms with Crippen molar-refractivity contribution in [2.45, 2.75) is 39.7 Å². The summed E-state index contributed by atoms with van der Waals surface area (Å²) < 4.78 is 0. The number of nitrogens with one attached hydrogen (secondary N) is 1. The van der Waals surface area contributed by atoms with Crippen molar-refractivity contribution in [2.24, 2.45) is 5.92 Å². The van der Waals surface area contributed by atoms with E-state index in [1.165, 1.54) is 0 Å². The first-order valence-electron chi connectivity index (χ1n) is 7.29. The van der Waals surface area contributed by atoms with Crippen molar-refractivity contribution in [2.75, 3.05) is 11.9 Å². The molecule has 0 radical (unpaired) electrons. The van der Waals surface area contributed by atoms with Gasteiger partial charge >= 0.3 is 0 Å². The number of aromatic nitrogens is 1. The molecule has 0 aliphatic heterocycles. The van der Waals surface area contributed by atoms with Crippen molar-refractivity contribution in [3.63, 3.8) is 0 Å². The molecule has 1 aromatic heterocycles. The molecule has 2 N–H and O–H groups in total. The van der Waals surface area contributed by atoms with Crippen LogP contribution in [0.25, 0.3) is 10.9 Å². The number of fused-ring (bicyclic) bond motifs is 1. The van der Waals surface area contributed by atoms with E-state index < -0.39 is 5.60 Å². The van der Waals surface area contributed by atoms with Gasteiger partial charge < -0.3 is 10.4 Å². The molecule has 0 saturated carbocycles. The Hall–Kier alpha value is -1.61. The van der Waals surface area contributed by atoms with Gasteiger partial charge in [0, 0.05) is 23.3 Å². The fourth-order valence-electron chi connectivity index (χ4n) is 2.04. The Balaban J connectivity index is 2.33. The van der Waals surface area contributed by atoms with Crippen LogP contribution < -0.4 is 5.32 Å². The molecule has 3 nitrogen and oxygen atoms in total. The highest BCUT2D eigenvalue weighted by atomic mass is 16.3. The summed E-state index contributed by atoms with van der Waals surface area (Å²) in [5.41, 5.74) is 2.39. The molecule has 0 saturated heterocycles. The number of pyridine rings is 1. The van der Waals surface area contributed by atoms with Crippen LogP contribution in [0.2, 0.25) is 0 Å². The lowest BCUT2D eigenvalue weighted by Gasteiger charge is -2.28. The van der Waals surface area contributed by atoms with Crippen molar-refractivity contribution < 1.29 is 5.11 Å². The standard InChI is InChI=1S/C17H24N2O/c1-5-13-10-16(18-11-17(4,20)12(2)3)14-8-6-7-9-15(14)19-13/h6-10,12,20H,5,11H2,1-4H3,(H,18,19). The Labute approximate surface area is 121 Å². The molecule has 0 aliphatic carbocycles. The zero-order valence-corrected chi connectivity index (χ0v) is 12.8. The summed E-state index contributed by atoms with van der Waals surface area (Å²) in [6.07, 6.45) is 0.903. The summed E-state index contributed by atoms with van der Waals surface area (Å²) in [5.74, 6) is 0.203. The maximum atomic E-state index is 10.4. The summed E-state index contributed by atoms with van der Waals surface area (Å²) in [7, 11) is 0. The summed E-state index contributed by atoms with van der Waals surface area (Å²) >= 11 is 0. The first kappa shape index (κ1) is 14.8. The summed E-state index contributed by atoms with van der Waals surface area (Å²) in [6, 6.07) is 10.2. The molecule has 0 fully saturated rings. The molecule has 1 aromatic carbocycles. The molecule has 2 aromatic rings. The summed E-state index contributed by atoms with van der Waals surface area (Å²) in [4.78, 5) is 4.63. The van der Waals surface area contributed by atoms with E-state index in [0.717, 1.165) is 28.7 Å². The minimum absolute atomic E-state index is 0.203. The van der Waals surface area contributed by atoms with E-state index in [9.17, 15) is 5.11 Å². The Morgan fingerprint density at radius 3 is 2.65 bits per heavy atom. The normalized spacial score (nSPS) is 14.5. The average molecular weight is 272 g/mol. The number of aliphatic hydroxyl groups is 1. The Morgan fingerprint density at radius 2 is 2.00 bits per heavy atom. The average Bonchev–Trinajstić information content (AvgIpc) is 2.44. The maximum Gasteiger partial charge on any atom is 0.0813 e. The van der Waals surface area contributed by atoms with Gasteiger partial charge in [-0.3, -0.25) is 4.98 Å². The monoisotopic (exact) mass is 272 g/mol. The molecular weight excluding hydrogens is 248 g/mol. The molecular formula is C17H24N2O. The molecule has 1 atom stereocenters. The Morgan fingerprint density at radius 1 is 1.30 bits per heavy atom. The van der Waals surface area contributed by atoms with E-state index >= 15 is 0 Å². The van der Waals surface area contributed by atoms with Crippen molar-refractivity contribution in [3.8, 4) is 0 Å². The number of rotatable bonds is 5. The molecule has 0 aliphatic rings. The van der Waals surface area contributed by atoms with Gasteiger partial charge in [0.15, 0.2) is 0 Å². The molecule has 2 rings (SSSR count). The molecule has 1 unspecified atom stereocenters. The number of para-hydroxylation sites is 1. The van der Waals surface area contributed by atoms with Crippen LogP contribution in [0.15, 0.2) is 30.3 Å². The van der Waals surface area contributed by atoms with Crippen molar-refractivity contribution in [1.29, 1.82) is 0 Å². The molecule has 108 valence electrons. The fourth-order valence-corrected chi connectivity index (χ4v) is 2.04. The molecule has 0 amide bonds. The topological polar surface area (TPSA) is 45.1 Å². The van der Waals surface area contributed by atoms with E-state index in [4.69, 9.17) is 0 Å². The number of aryl methyl sites for hydroxylation is 1. The smallest absolute Gasteiger partial charge is 0.0813 e. The van der Waals surface area contributed by atoms with E-state index in [2.05, 4.69) is 29.4 Å². The van der Waals surface area contributed by atoms with Gasteiger partial charge in [0.2, 0.25) is 0 Å². The molecule has 0 bridgehead atoms. The molecule has 0 spiro atoms. The highest BCUT2D eigenvalue weighted by Crippen LogP contribution is 2.25. The van der Waals surface area contributed by atoms with Crippen molar-refractivity contribution in [3.05, 3.63) is 36.0 Å². The predicted molar refractivity (Wildman–Crippen MR) is 85.1 cm³/mol. The summed E-state index contributed by atoms with van der Waals surface area (Å²) in [6.45, 7) is 8.56.